The molecule has 8 heteroatoms. The summed E-state index contributed by atoms with van der Waals surface area (Å²) >= 11 is 0. The molecular formula is C12H16N4O3S. The second-order valence-corrected chi connectivity index (χ2v) is 5.95. The van der Waals surface area contributed by atoms with Gasteiger partial charge in [0, 0.05) is 19.0 Å². The Labute approximate surface area is 117 Å². The van der Waals surface area contributed by atoms with Gasteiger partial charge < -0.3 is 9.84 Å². The average Bonchev–Trinajstić information content (AvgIpc) is 2.91. The lowest BCUT2D eigenvalue weighted by Gasteiger charge is -2.14. The Balaban J connectivity index is 1.97. The van der Waals surface area contributed by atoms with Crippen LogP contribution < -0.4 is 10.5 Å². The largest absolute Gasteiger partial charge is 0.343 e. The molecule has 0 aliphatic heterocycles. The molecule has 7 nitrogen and oxygen atoms in total. The van der Waals surface area contributed by atoms with Crippen LogP contribution in [-0.2, 0) is 16.4 Å². The van der Waals surface area contributed by atoms with Crippen molar-refractivity contribution in [2.24, 2.45) is 5.14 Å². The highest BCUT2D eigenvalue weighted by atomic mass is 32.2. The van der Waals surface area contributed by atoms with Crippen LogP contribution in [0.5, 0.6) is 0 Å². The van der Waals surface area contributed by atoms with Gasteiger partial charge in [0.2, 0.25) is 16.4 Å². The first-order chi connectivity index (χ1) is 9.47. The zero-order valence-corrected chi connectivity index (χ0v) is 11.8. The lowest BCUT2D eigenvalue weighted by molar-refractivity contribution is 0.408. The maximum Gasteiger partial charge on any atom is 0.238 e. The summed E-state index contributed by atoms with van der Waals surface area (Å²) in [6.45, 7) is 2.60. The van der Waals surface area contributed by atoms with Crippen molar-refractivity contribution in [1.82, 2.24) is 15.5 Å². The van der Waals surface area contributed by atoms with Gasteiger partial charge in [-0.25, -0.2) is 13.6 Å². The van der Waals surface area contributed by atoms with Crippen LogP contribution in [0, 0.1) is 0 Å². The summed E-state index contributed by atoms with van der Waals surface area (Å²) in [6.07, 6.45) is 1.92. The topological polar surface area (TPSA) is 111 Å². The Morgan fingerprint density at radius 3 is 2.90 bits per heavy atom. The molecule has 0 aliphatic carbocycles. The van der Waals surface area contributed by atoms with Crippen molar-refractivity contribution in [3.8, 4) is 0 Å². The molecule has 0 bridgehead atoms. The molecule has 1 heterocycles. The van der Waals surface area contributed by atoms with Crippen LogP contribution in [0.15, 0.2) is 40.1 Å². The van der Waals surface area contributed by atoms with E-state index in [1.54, 1.807) is 12.1 Å². The highest BCUT2D eigenvalue weighted by molar-refractivity contribution is 7.89. The smallest absolute Gasteiger partial charge is 0.238 e. The quantitative estimate of drug-likeness (QED) is 0.808. The number of hydrogen-bond donors (Lipinski definition) is 2. The van der Waals surface area contributed by atoms with Crippen LogP contribution in [-0.4, -0.2) is 25.1 Å². The molecule has 0 aliphatic rings. The van der Waals surface area contributed by atoms with Gasteiger partial charge in [0.1, 0.15) is 0 Å². The standard InChI is InChI=1S/C12H16N4O3S/c1-9(14-6-5-12-15-8-19-16-12)10-3-2-4-11(7-10)20(13,17)18/h2-4,7-9,14H,5-6H2,1H3,(H2,13,17,18). The molecule has 0 saturated carbocycles. The van der Waals surface area contributed by atoms with Gasteiger partial charge in [-0.1, -0.05) is 17.3 Å². The van der Waals surface area contributed by atoms with E-state index in [1.165, 1.54) is 12.5 Å². The van der Waals surface area contributed by atoms with Gasteiger partial charge in [-0.3, -0.25) is 0 Å². The van der Waals surface area contributed by atoms with E-state index in [4.69, 9.17) is 5.14 Å². The number of primary sulfonamides is 1. The van der Waals surface area contributed by atoms with Gasteiger partial charge >= 0.3 is 0 Å². The molecule has 1 unspecified atom stereocenters. The second kappa shape index (κ2) is 6.12. The summed E-state index contributed by atoms with van der Waals surface area (Å²) in [7, 11) is -3.67. The Morgan fingerprint density at radius 1 is 1.45 bits per heavy atom. The zero-order valence-electron chi connectivity index (χ0n) is 11.0. The molecule has 0 saturated heterocycles. The minimum Gasteiger partial charge on any atom is -0.343 e. The summed E-state index contributed by atoms with van der Waals surface area (Å²) < 4.78 is 27.3. The molecule has 2 aromatic rings. The number of benzene rings is 1. The van der Waals surface area contributed by atoms with Gasteiger partial charge in [-0.2, -0.15) is 4.98 Å². The van der Waals surface area contributed by atoms with Crippen molar-refractivity contribution in [2.75, 3.05) is 6.54 Å². The van der Waals surface area contributed by atoms with Gasteiger partial charge in [0.15, 0.2) is 5.82 Å². The van der Waals surface area contributed by atoms with Crippen LogP contribution in [0.3, 0.4) is 0 Å². The maximum absolute atomic E-state index is 11.3. The van der Waals surface area contributed by atoms with Gasteiger partial charge in [0.25, 0.3) is 0 Å². The predicted octanol–water partition coefficient (Wildman–Crippen LogP) is 0.610. The van der Waals surface area contributed by atoms with Crippen molar-refractivity contribution in [2.45, 2.75) is 24.3 Å². The molecule has 0 amide bonds. The summed E-state index contributed by atoms with van der Waals surface area (Å²) in [6, 6.07) is 6.56. The van der Waals surface area contributed by atoms with Gasteiger partial charge in [-0.05, 0) is 24.6 Å². The third-order valence-electron chi connectivity index (χ3n) is 2.89. The maximum atomic E-state index is 11.3. The average molecular weight is 296 g/mol. The molecular weight excluding hydrogens is 280 g/mol. The van der Waals surface area contributed by atoms with E-state index in [0.29, 0.717) is 18.8 Å². The summed E-state index contributed by atoms with van der Waals surface area (Å²) in [5, 5.41) is 12.1. The molecule has 0 radical (unpaired) electrons. The number of nitrogens with two attached hydrogens (primary N) is 1. The minimum absolute atomic E-state index is 0.0106. The fourth-order valence-corrected chi connectivity index (χ4v) is 2.35. The van der Waals surface area contributed by atoms with Crippen molar-refractivity contribution >= 4 is 10.0 Å². The fourth-order valence-electron chi connectivity index (χ4n) is 1.78. The number of rotatable bonds is 6. The second-order valence-electron chi connectivity index (χ2n) is 4.39. The number of hydrogen-bond acceptors (Lipinski definition) is 6. The first kappa shape index (κ1) is 14.6. The number of nitrogens with one attached hydrogen (secondary N) is 1. The minimum atomic E-state index is -3.67. The molecule has 20 heavy (non-hydrogen) atoms. The predicted molar refractivity (Wildman–Crippen MR) is 72.2 cm³/mol. The summed E-state index contributed by atoms with van der Waals surface area (Å²) in [5.41, 5.74) is 0.852. The fraction of sp³-hybridized carbons (Fsp3) is 0.333. The third-order valence-corrected chi connectivity index (χ3v) is 3.80. The third kappa shape index (κ3) is 3.86. The Bertz CT molecular complexity index is 655. The van der Waals surface area contributed by atoms with Crippen molar-refractivity contribution < 1.29 is 12.9 Å². The van der Waals surface area contributed by atoms with E-state index >= 15 is 0 Å². The molecule has 1 atom stereocenters. The van der Waals surface area contributed by atoms with Crippen LogP contribution in [0.25, 0.3) is 0 Å². The van der Waals surface area contributed by atoms with E-state index in [1.807, 2.05) is 13.0 Å². The number of nitrogens with zero attached hydrogens (tertiary/aromatic N) is 2. The van der Waals surface area contributed by atoms with Crippen molar-refractivity contribution in [1.29, 1.82) is 0 Å². The molecule has 2 rings (SSSR count). The SMILES string of the molecule is CC(NCCc1ncon1)c1cccc(S(N)(=O)=O)c1. The molecule has 1 aromatic carbocycles. The van der Waals surface area contributed by atoms with Crippen LogP contribution in [0.4, 0.5) is 0 Å². The molecule has 108 valence electrons. The Kier molecular flexibility index (Phi) is 4.48. The zero-order chi connectivity index (χ0) is 14.6. The van der Waals surface area contributed by atoms with Crippen molar-refractivity contribution in [3.63, 3.8) is 0 Å². The van der Waals surface area contributed by atoms with Crippen LogP contribution >= 0.6 is 0 Å². The highest BCUT2D eigenvalue weighted by Crippen LogP contribution is 2.16. The number of aromatic nitrogens is 2. The van der Waals surface area contributed by atoms with Crippen molar-refractivity contribution in [3.05, 3.63) is 42.0 Å². The van der Waals surface area contributed by atoms with Crippen LogP contribution in [0.2, 0.25) is 0 Å². The molecule has 3 N–H and O–H groups in total. The first-order valence-electron chi connectivity index (χ1n) is 6.08. The van der Waals surface area contributed by atoms with E-state index in [0.717, 1.165) is 5.56 Å². The summed E-state index contributed by atoms with van der Waals surface area (Å²) in [4.78, 5) is 4.03. The highest BCUT2D eigenvalue weighted by Gasteiger charge is 2.11. The van der Waals surface area contributed by atoms with E-state index in [2.05, 4.69) is 20.0 Å². The monoisotopic (exact) mass is 296 g/mol. The molecule has 0 spiro atoms. The van der Waals surface area contributed by atoms with Gasteiger partial charge in [0.05, 0.1) is 4.90 Å². The number of sulfonamides is 1. The molecule has 1 aromatic heterocycles. The van der Waals surface area contributed by atoms with Gasteiger partial charge in [-0.15, -0.1) is 0 Å². The van der Waals surface area contributed by atoms with E-state index in [9.17, 15) is 8.42 Å². The first-order valence-corrected chi connectivity index (χ1v) is 7.63. The van der Waals surface area contributed by atoms with E-state index < -0.39 is 10.0 Å². The lowest BCUT2D eigenvalue weighted by atomic mass is 10.1. The van der Waals surface area contributed by atoms with Crippen LogP contribution in [0.1, 0.15) is 24.4 Å². The lowest BCUT2D eigenvalue weighted by Crippen LogP contribution is -2.22. The van der Waals surface area contributed by atoms with E-state index in [-0.39, 0.29) is 10.9 Å². The Morgan fingerprint density at radius 2 is 2.25 bits per heavy atom. The summed E-state index contributed by atoms with van der Waals surface area (Å²) in [5.74, 6) is 0.628. The normalized spacial score (nSPS) is 13.3. The molecule has 0 fully saturated rings. The Hall–Kier alpha value is -1.77.